The molecule has 1 aromatic carbocycles. The number of carboxylic acids is 1. The zero-order valence-electron chi connectivity index (χ0n) is 11.2. The number of hydrogen-bond acceptors (Lipinski definition) is 4. The zero-order chi connectivity index (χ0) is 14.1. The van der Waals surface area contributed by atoms with Crippen molar-refractivity contribution in [3.05, 3.63) is 35.7 Å². The fraction of sp³-hybridized carbons (Fsp3) is 0.400. The lowest BCUT2D eigenvalue weighted by Gasteiger charge is -2.10. The van der Waals surface area contributed by atoms with E-state index in [9.17, 15) is 9.90 Å². The third-order valence-electron chi connectivity index (χ3n) is 3.98. The highest BCUT2D eigenvalue weighted by Gasteiger charge is 2.37. The molecule has 2 atom stereocenters. The SMILES string of the molecule is Cc1ccccc1-c1noc(C2CCCC2C(=O)O)n1. The van der Waals surface area contributed by atoms with Crippen LogP contribution in [0.1, 0.15) is 36.6 Å². The van der Waals surface area contributed by atoms with Crippen LogP contribution in [0.25, 0.3) is 11.4 Å². The van der Waals surface area contributed by atoms with Gasteiger partial charge in [-0.1, -0.05) is 35.8 Å². The summed E-state index contributed by atoms with van der Waals surface area (Å²) in [5.41, 5.74) is 1.99. The molecule has 5 nitrogen and oxygen atoms in total. The second-order valence-corrected chi connectivity index (χ2v) is 5.25. The molecule has 1 saturated carbocycles. The fourth-order valence-electron chi connectivity index (χ4n) is 2.87. The minimum atomic E-state index is -0.775. The molecule has 0 saturated heterocycles. The van der Waals surface area contributed by atoms with Crippen molar-refractivity contribution >= 4 is 5.97 Å². The minimum absolute atomic E-state index is 0.155. The van der Waals surface area contributed by atoms with Crippen molar-refractivity contribution in [1.82, 2.24) is 10.1 Å². The van der Waals surface area contributed by atoms with Crippen LogP contribution in [0, 0.1) is 12.8 Å². The lowest BCUT2D eigenvalue weighted by atomic mass is 9.96. The van der Waals surface area contributed by atoms with E-state index >= 15 is 0 Å². The third kappa shape index (κ3) is 2.19. The van der Waals surface area contributed by atoms with Crippen LogP contribution in [0.4, 0.5) is 0 Å². The molecule has 0 bridgehead atoms. The number of aryl methyl sites for hydroxylation is 1. The Hall–Kier alpha value is -2.17. The summed E-state index contributed by atoms with van der Waals surface area (Å²) in [6.45, 7) is 1.99. The molecule has 0 aliphatic heterocycles. The molecule has 2 unspecified atom stereocenters. The Kier molecular flexibility index (Phi) is 3.26. The number of aliphatic carboxylic acids is 1. The maximum absolute atomic E-state index is 11.2. The maximum Gasteiger partial charge on any atom is 0.307 e. The van der Waals surface area contributed by atoms with E-state index < -0.39 is 11.9 Å². The van der Waals surface area contributed by atoms with Crippen LogP contribution in [-0.4, -0.2) is 21.2 Å². The lowest BCUT2D eigenvalue weighted by Crippen LogP contribution is -2.17. The van der Waals surface area contributed by atoms with Gasteiger partial charge in [0, 0.05) is 5.56 Å². The van der Waals surface area contributed by atoms with Gasteiger partial charge in [-0.05, 0) is 25.3 Å². The third-order valence-corrected chi connectivity index (χ3v) is 3.98. The summed E-state index contributed by atoms with van der Waals surface area (Å²) in [5, 5.41) is 13.2. The van der Waals surface area contributed by atoms with Gasteiger partial charge < -0.3 is 9.63 Å². The smallest absolute Gasteiger partial charge is 0.307 e. The number of nitrogens with zero attached hydrogens (tertiary/aromatic N) is 2. The molecule has 1 heterocycles. The standard InChI is InChI=1S/C15H16N2O3/c1-9-5-2-3-6-10(9)13-16-14(20-17-13)11-7-4-8-12(11)15(18)19/h2-3,5-6,11-12H,4,7-8H2,1H3,(H,18,19). The normalized spacial score (nSPS) is 22.1. The van der Waals surface area contributed by atoms with Crippen LogP contribution in [0.5, 0.6) is 0 Å². The van der Waals surface area contributed by atoms with Crippen molar-refractivity contribution in [1.29, 1.82) is 0 Å². The minimum Gasteiger partial charge on any atom is -0.481 e. The highest BCUT2D eigenvalue weighted by Crippen LogP contribution is 2.39. The molecular formula is C15H16N2O3. The van der Waals surface area contributed by atoms with Gasteiger partial charge in [-0.3, -0.25) is 4.79 Å². The van der Waals surface area contributed by atoms with Crippen molar-refractivity contribution in [3.63, 3.8) is 0 Å². The zero-order valence-corrected chi connectivity index (χ0v) is 11.2. The quantitative estimate of drug-likeness (QED) is 0.929. The van der Waals surface area contributed by atoms with E-state index in [0.717, 1.165) is 24.0 Å². The molecule has 5 heteroatoms. The number of aromatic nitrogens is 2. The van der Waals surface area contributed by atoms with Gasteiger partial charge >= 0.3 is 5.97 Å². The number of carbonyl (C=O) groups is 1. The topological polar surface area (TPSA) is 76.2 Å². The van der Waals surface area contributed by atoms with E-state index in [4.69, 9.17) is 4.52 Å². The van der Waals surface area contributed by atoms with Crippen molar-refractivity contribution in [2.45, 2.75) is 32.1 Å². The highest BCUT2D eigenvalue weighted by atomic mass is 16.5. The second-order valence-electron chi connectivity index (χ2n) is 5.25. The monoisotopic (exact) mass is 272 g/mol. The van der Waals surface area contributed by atoms with E-state index in [0.29, 0.717) is 18.1 Å². The van der Waals surface area contributed by atoms with Crippen LogP contribution in [0.2, 0.25) is 0 Å². The van der Waals surface area contributed by atoms with Crippen molar-refractivity contribution in [3.8, 4) is 11.4 Å². The predicted molar refractivity (Wildman–Crippen MR) is 72.2 cm³/mol. The molecule has 20 heavy (non-hydrogen) atoms. The van der Waals surface area contributed by atoms with E-state index in [-0.39, 0.29) is 5.92 Å². The maximum atomic E-state index is 11.2. The van der Waals surface area contributed by atoms with Gasteiger partial charge in [-0.2, -0.15) is 4.98 Å². The van der Waals surface area contributed by atoms with Crippen LogP contribution >= 0.6 is 0 Å². The molecule has 104 valence electrons. The molecule has 2 aromatic rings. The Morgan fingerprint density at radius 3 is 2.90 bits per heavy atom. The van der Waals surface area contributed by atoms with E-state index in [1.807, 2.05) is 31.2 Å². The number of hydrogen-bond donors (Lipinski definition) is 1. The predicted octanol–water partition coefficient (Wildman–Crippen LogP) is 3.01. The molecule has 1 fully saturated rings. The first-order chi connectivity index (χ1) is 9.66. The Morgan fingerprint density at radius 2 is 2.15 bits per heavy atom. The Morgan fingerprint density at radius 1 is 1.35 bits per heavy atom. The molecule has 1 aromatic heterocycles. The molecular weight excluding hydrogens is 256 g/mol. The van der Waals surface area contributed by atoms with Gasteiger partial charge in [0.2, 0.25) is 11.7 Å². The van der Waals surface area contributed by atoms with Crippen LogP contribution in [0.3, 0.4) is 0 Å². The molecule has 0 spiro atoms. The fourth-order valence-corrected chi connectivity index (χ4v) is 2.87. The second kappa shape index (κ2) is 5.07. The largest absolute Gasteiger partial charge is 0.481 e. The van der Waals surface area contributed by atoms with Gasteiger partial charge in [-0.25, -0.2) is 0 Å². The first-order valence-electron chi connectivity index (χ1n) is 6.79. The Labute approximate surface area is 116 Å². The van der Waals surface area contributed by atoms with E-state index in [2.05, 4.69) is 10.1 Å². The van der Waals surface area contributed by atoms with Crippen LogP contribution in [-0.2, 0) is 4.79 Å². The van der Waals surface area contributed by atoms with Crippen molar-refractivity contribution in [2.75, 3.05) is 0 Å². The molecule has 0 amide bonds. The summed E-state index contributed by atoms with van der Waals surface area (Å²) in [4.78, 5) is 15.6. The lowest BCUT2D eigenvalue weighted by molar-refractivity contribution is -0.142. The summed E-state index contributed by atoms with van der Waals surface area (Å²) in [6, 6.07) is 7.81. The van der Waals surface area contributed by atoms with Gasteiger partial charge in [0.15, 0.2) is 0 Å². The van der Waals surface area contributed by atoms with Gasteiger partial charge in [0.1, 0.15) is 0 Å². The van der Waals surface area contributed by atoms with E-state index in [1.54, 1.807) is 0 Å². The van der Waals surface area contributed by atoms with Crippen LogP contribution < -0.4 is 0 Å². The first kappa shape index (κ1) is 12.8. The summed E-state index contributed by atoms with van der Waals surface area (Å²) in [7, 11) is 0. The van der Waals surface area contributed by atoms with Gasteiger partial charge in [-0.15, -0.1) is 0 Å². The van der Waals surface area contributed by atoms with Crippen molar-refractivity contribution < 1.29 is 14.4 Å². The first-order valence-corrected chi connectivity index (χ1v) is 6.79. The van der Waals surface area contributed by atoms with E-state index in [1.165, 1.54) is 0 Å². The average molecular weight is 272 g/mol. The molecule has 1 aliphatic carbocycles. The Bertz CT molecular complexity index is 636. The average Bonchev–Trinajstić information content (AvgIpc) is 3.07. The summed E-state index contributed by atoms with van der Waals surface area (Å²) in [5.74, 6) is -0.344. The molecule has 0 radical (unpaired) electrons. The summed E-state index contributed by atoms with van der Waals surface area (Å²) in [6.07, 6.45) is 2.37. The van der Waals surface area contributed by atoms with Gasteiger partial charge in [0.05, 0.1) is 11.8 Å². The van der Waals surface area contributed by atoms with Crippen molar-refractivity contribution in [2.24, 2.45) is 5.92 Å². The molecule has 1 aliphatic rings. The van der Waals surface area contributed by atoms with Crippen LogP contribution in [0.15, 0.2) is 28.8 Å². The summed E-state index contributed by atoms with van der Waals surface area (Å²) < 4.78 is 5.31. The number of benzene rings is 1. The summed E-state index contributed by atoms with van der Waals surface area (Å²) >= 11 is 0. The number of carboxylic acid groups (broad SMARTS) is 1. The molecule has 1 N–H and O–H groups in total. The number of rotatable bonds is 3. The molecule has 3 rings (SSSR count). The Balaban J connectivity index is 1.91. The highest BCUT2D eigenvalue weighted by molar-refractivity contribution is 5.71. The van der Waals surface area contributed by atoms with Gasteiger partial charge in [0.25, 0.3) is 0 Å².